The van der Waals surface area contributed by atoms with Crippen LogP contribution in [0.3, 0.4) is 0 Å². The SMILES string of the molecule is CC(C)(C)OC(=O)NC[C@@H]1CCN(c2ccccc2[N+](=O)[O-])C1. The quantitative estimate of drug-likeness (QED) is 0.681. The zero-order valence-electron chi connectivity index (χ0n) is 13.7. The third-order valence-corrected chi connectivity index (χ3v) is 3.64. The van der Waals surface area contributed by atoms with Crippen molar-refractivity contribution in [1.82, 2.24) is 5.32 Å². The number of alkyl carbamates (subject to hydrolysis) is 1. The number of anilines is 1. The molecule has 1 N–H and O–H groups in total. The summed E-state index contributed by atoms with van der Waals surface area (Å²) < 4.78 is 5.21. The summed E-state index contributed by atoms with van der Waals surface area (Å²) in [5.74, 6) is 0.252. The molecular weight excluding hydrogens is 298 g/mol. The van der Waals surface area contributed by atoms with Crippen molar-refractivity contribution in [3.05, 3.63) is 34.4 Å². The van der Waals surface area contributed by atoms with Gasteiger partial charge in [0.15, 0.2) is 0 Å². The van der Waals surface area contributed by atoms with Gasteiger partial charge in [-0.3, -0.25) is 10.1 Å². The molecule has 7 nitrogen and oxygen atoms in total. The van der Waals surface area contributed by atoms with Gasteiger partial charge in [0.05, 0.1) is 4.92 Å². The number of rotatable bonds is 4. The summed E-state index contributed by atoms with van der Waals surface area (Å²) in [6, 6.07) is 6.75. The Kier molecular flexibility index (Phi) is 5.08. The average Bonchev–Trinajstić information content (AvgIpc) is 2.92. The molecule has 1 saturated heterocycles. The largest absolute Gasteiger partial charge is 0.444 e. The second-order valence-electron chi connectivity index (χ2n) is 6.73. The van der Waals surface area contributed by atoms with E-state index in [1.54, 1.807) is 18.2 Å². The highest BCUT2D eigenvalue weighted by Gasteiger charge is 2.28. The number of nitrogens with zero attached hydrogens (tertiary/aromatic N) is 2. The lowest BCUT2D eigenvalue weighted by atomic mass is 10.1. The van der Waals surface area contributed by atoms with Crippen molar-refractivity contribution in [3.63, 3.8) is 0 Å². The third kappa shape index (κ3) is 4.84. The van der Waals surface area contributed by atoms with Crippen LogP contribution >= 0.6 is 0 Å². The maximum Gasteiger partial charge on any atom is 0.407 e. The Labute approximate surface area is 135 Å². The predicted octanol–water partition coefficient (Wildman–Crippen LogP) is 2.95. The van der Waals surface area contributed by atoms with Crippen molar-refractivity contribution in [2.75, 3.05) is 24.5 Å². The minimum Gasteiger partial charge on any atom is -0.444 e. The van der Waals surface area contributed by atoms with Gasteiger partial charge in [0.25, 0.3) is 5.69 Å². The molecule has 0 saturated carbocycles. The van der Waals surface area contributed by atoms with Crippen LogP contribution in [-0.2, 0) is 4.74 Å². The number of nitrogens with one attached hydrogen (secondary N) is 1. The molecule has 7 heteroatoms. The van der Waals surface area contributed by atoms with E-state index in [2.05, 4.69) is 5.32 Å². The molecule has 1 aliphatic rings. The Morgan fingerprint density at radius 1 is 1.43 bits per heavy atom. The second-order valence-corrected chi connectivity index (χ2v) is 6.73. The van der Waals surface area contributed by atoms with E-state index in [4.69, 9.17) is 4.74 Å². The van der Waals surface area contributed by atoms with Gasteiger partial charge in [-0.15, -0.1) is 0 Å². The van der Waals surface area contributed by atoms with Gasteiger partial charge in [-0.2, -0.15) is 0 Å². The van der Waals surface area contributed by atoms with Gasteiger partial charge in [0.1, 0.15) is 11.3 Å². The Morgan fingerprint density at radius 2 is 2.13 bits per heavy atom. The summed E-state index contributed by atoms with van der Waals surface area (Å²) in [6.07, 6.45) is 0.448. The topological polar surface area (TPSA) is 84.7 Å². The molecule has 0 unspecified atom stereocenters. The van der Waals surface area contributed by atoms with Crippen LogP contribution in [0.5, 0.6) is 0 Å². The number of nitro groups is 1. The van der Waals surface area contributed by atoms with Gasteiger partial charge in [-0.25, -0.2) is 4.79 Å². The van der Waals surface area contributed by atoms with E-state index < -0.39 is 11.7 Å². The number of hydrogen-bond donors (Lipinski definition) is 1. The molecule has 2 rings (SSSR count). The summed E-state index contributed by atoms with van der Waals surface area (Å²) in [5.41, 5.74) is 0.238. The standard InChI is InChI=1S/C16H23N3O4/c1-16(2,3)23-15(20)17-10-12-8-9-18(11-12)13-6-4-5-7-14(13)19(21)22/h4-7,12H,8-11H2,1-3H3,(H,17,20)/t12-/m0/s1. The number of amides is 1. The lowest BCUT2D eigenvalue weighted by Gasteiger charge is -2.21. The highest BCUT2D eigenvalue weighted by Crippen LogP contribution is 2.31. The summed E-state index contributed by atoms with van der Waals surface area (Å²) in [4.78, 5) is 24.4. The Bertz CT molecular complexity index is 583. The van der Waals surface area contributed by atoms with E-state index in [0.717, 1.165) is 13.0 Å². The summed E-state index contributed by atoms with van der Waals surface area (Å²) in [7, 11) is 0. The second kappa shape index (κ2) is 6.85. The zero-order valence-corrected chi connectivity index (χ0v) is 13.7. The van der Waals surface area contributed by atoms with Gasteiger partial charge >= 0.3 is 6.09 Å². The molecule has 1 heterocycles. The Balaban J connectivity index is 1.90. The first-order valence-corrected chi connectivity index (χ1v) is 7.71. The highest BCUT2D eigenvalue weighted by molar-refractivity contribution is 5.67. The fourth-order valence-corrected chi connectivity index (χ4v) is 2.65. The van der Waals surface area contributed by atoms with Crippen LogP contribution in [0.2, 0.25) is 0 Å². The van der Waals surface area contributed by atoms with Crippen LogP contribution < -0.4 is 10.2 Å². The number of carbonyl (C=O) groups is 1. The molecule has 1 aliphatic heterocycles. The number of carbonyl (C=O) groups excluding carboxylic acids is 1. The number of hydrogen-bond acceptors (Lipinski definition) is 5. The Morgan fingerprint density at radius 3 is 2.78 bits per heavy atom. The van der Waals surface area contributed by atoms with Crippen LogP contribution in [0.1, 0.15) is 27.2 Å². The molecule has 23 heavy (non-hydrogen) atoms. The molecule has 0 spiro atoms. The van der Waals surface area contributed by atoms with E-state index in [1.165, 1.54) is 6.07 Å². The monoisotopic (exact) mass is 321 g/mol. The lowest BCUT2D eigenvalue weighted by molar-refractivity contribution is -0.384. The first kappa shape index (κ1) is 17.1. The molecule has 0 bridgehead atoms. The molecule has 0 aliphatic carbocycles. The van der Waals surface area contributed by atoms with Gasteiger partial charge in [0, 0.05) is 25.7 Å². The smallest absolute Gasteiger partial charge is 0.407 e. The van der Waals surface area contributed by atoms with Gasteiger partial charge in [-0.05, 0) is 39.2 Å². The summed E-state index contributed by atoms with van der Waals surface area (Å²) in [6.45, 7) is 7.38. The molecule has 1 aromatic carbocycles. The predicted molar refractivity (Wildman–Crippen MR) is 87.7 cm³/mol. The third-order valence-electron chi connectivity index (χ3n) is 3.64. The number of nitro benzene ring substituents is 1. The normalized spacial score (nSPS) is 17.9. The maximum absolute atomic E-state index is 11.7. The van der Waals surface area contributed by atoms with Crippen LogP contribution in [-0.4, -0.2) is 36.3 Å². The Hall–Kier alpha value is -2.31. The van der Waals surface area contributed by atoms with Crippen molar-refractivity contribution in [2.24, 2.45) is 5.92 Å². The molecule has 1 amide bonds. The number of ether oxygens (including phenoxy) is 1. The van der Waals surface area contributed by atoms with Crippen LogP contribution in [0.15, 0.2) is 24.3 Å². The summed E-state index contributed by atoms with van der Waals surface area (Å²) >= 11 is 0. The van der Waals surface area contributed by atoms with E-state index in [1.807, 2.05) is 25.7 Å². The van der Waals surface area contributed by atoms with E-state index in [0.29, 0.717) is 18.8 Å². The minimum absolute atomic E-state index is 0.119. The maximum atomic E-state index is 11.7. The van der Waals surface area contributed by atoms with Crippen molar-refractivity contribution >= 4 is 17.5 Å². The number of para-hydroxylation sites is 2. The fourth-order valence-electron chi connectivity index (χ4n) is 2.65. The van der Waals surface area contributed by atoms with Gasteiger partial charge in [0.2, 0.25) is 0 Å². The molecule has 126 valence electrons. The fraction of sp³-hybridized carbons (Fsp3) is 0.562. The van der Waals surface area contributed by atoms with Crippen molar-refractivity contribution in [1.29, 1.82) is 0 Å². The first-order valence-electron chi connectivity index (χ1n) is 7.71. The van der Waals surface area contributed by atoms with Crippen LogP contribution in [0, 0.1) is 16.0 Å². The first-order chi connectivity index (χ1) is 10.8. The van der Waals surface area contributed by atoms with Crippen molar-refractivity contribution in [2.45, 2.75) is 32.8 Å². The number of benzene rings is 1. The van der Waals surface area contributed by atoms with E-state index >= 15 is 0 Å². The van der Waals surface area contributed by atoms with E-state index in [9.17, 15) is 14.9 Å². The van der Waals surface area contributed by atoms with Crippen LogP contribution in [0.25, 0.3) is 0 Å². The molecule has 1 atom stereocenters. The molecule has 1 fully saturated rings. The molecular formula is C16H23N3O4. The summed E-state index contributed by atoms with van der Waals surface area (Å²) in [5, 5.41) is 13.9. The highest BCUT2D eigenvalue weighted by atomic mass is 16.6. The zero-order chi connectivity index (χ0) is 17.0. The van der Waals surface area contributed by atoms with Crippen LogP contribution in [0.4, 0.5) is 16.2 Å². The minimum atomic E-state index is -0.517. The van der Waals surface area contributed by atoms with Gasteiger partial charge in [-0.1, -0.05) is 12.1 Å². The lowest BCUT2D eigenvalue weighted by Crippen LogP contribution is -2.36. The molecule has 0 aromatic heterocycles. The molecule has 0 radical (unpaired) electrons. The van der Waals surface area contributed by atoms with E-state index in [-0.39, 0.29) is 16.5 Å². The molecule has 1 aromatic rings. The average molecular weight is 321 g/mol. The van der Waals surface area contributed by atoms with Gasteiger partial charge < -0.3 is 15.0 Å². The van der Waals surface area contributed by atoms with Crippen molar-refractivity contribution < 1.29 is 14.5 Å². The van der Waals surface area contributed by atoms with Crippen molar-refractivity contribution in [3.8, 4) is 0 Å².